The van der Waals surface area contributed by atoms with Crippen molar-refractivity contribution in [1.82, 2.24) is 10.2 Å². The quantitative estimate of drug-likeness (QED) is 0.807. The number of halogens is 1. The van der Waals surface area contributed by atoms with Gasteiger partial charge in [0.15, 0.2) is 0 Å². The van der Waals surface area contributed by atoms with E-state index in [1.807, 2.05) is 19.1 Å². The minimum Gasteiger partial charge on any atom is -0.339 e. The molecular formula is C20H28ClN3O2. The minimum atomic E-state index is -0.245. The van der Waals surface area contributed by atoms with Crippen LogP contribution < -0.4 is 10.6 Å². The molecule has 3 rings (SSSR count). The van der Waals surface area contributed by atoms with Gasteiger partial charge in [-0.15, -0.1) is 0 Å². The van der Waals surface area contributed by atoms with Crippen LogP contribution in [0.2, 0.25) is 5.02 Å². The molecule has 0 aromatic heterocycles. The van der Waals surface area contributed by atoms with E-state index in [9.17, 15) is 9.59 Å². The van der Waals surface area contributed by atoms with Crippen LogP contribution in [-0.4, -0.2) is 36.0 Å². The lowest BCUT2D eigenvalue weighted by Gasteiger charge is -2.31. The molecule has 1 aliphatic heterocycles. The van der Waals surface area contributed by atoms with Crippen molar-refractivity contribution in [2.45, 2.75) is 57.9 Å². The van der Waals surface area contributed by atoms with Gasteiger partial charge in [0.05, 0.1) is 0 Å². The summed E-state index contributed by atoms with van der Waals surface area (Å²) in [6, 6.07) is 5.71. The van der Waals surface area contributed by atoms with E-state index in [0.717, 1.165) is 31.4 Å². The SMILES string of the molecule is CCNC(=O)Nc1ccc(CC2CCN(C3CCCCC3)C2=O)c(Cl)c1. The van der Waals surface area contributed by atoms with Crippen molar-refractivity contribution >= 4 is 29.2 Å². The third-order valence-electron chi connectivity index (χ3n) is 5.48. The van der Waals surface area contributed by atoms with Gasteiger partial charge in [0.25, 0.3) is 0 Å². The largest absolute Gasteiger partial charge is 0.339 e. The highest BCUT2D eigenvalue weighted by atomic mass is 35.5. The summed E-state index contributed by atoms with van der Waals surface area (Å²) in [5.41, 5.74) is 1.63. The zero-order chi connectivity index (χ0) is 18.5. The molecule has 5 nitrogen and oxygen atoms in total. The molecule has 142 valence electrons. The Hall–Kier alpha value is -1.75. The van der Waals surface area contributed by atoms with E-state index >= 15 is 0 Å². The van der Waals surface area contributed by atoms with Crippen molar-refractivity contribution in [3.05, 3.63) is 28.8 Å². The lowest BCUT2D eigenvalue weighted by molar-refractivity contribution is -0.133. The van der Waals surface area contributed by atoms with Crippen LogP contribution in [0, 0.1) is 5.92 Å². The number of rotatable bonds is 5. The van der Waals surface area contributed by atoms with Gasteiger partial charge in [-0.1, -0.05) is 36.9 Å². The molecular weight excluding hydrogens is 350 g/mol. The van der Waals surface area contributed by atoms with E-state index in [2.05, 4.69) is 15.5 Å². The van der Waals surface area contributed by atoms with Crippen LogP contribution >= 0.6 is 11.6 Å². The molecule has 6 heteroatoms. The van der Waals surface area contributed by atoms with E-state index in [1.165, 1.54) is 19.3 Å². The molecule has 1 saturated carbocycles. The molecule has 1 heterocycles. The molecule has 0 bridgehead atoms. The van der Waals surface area contributed by atoms with Crippen LogP contribution in [0.15, 0.2) is 18.2 Å². The summed E-state index contributed by atoms with van der Waals surface area (Å²) in [5.74, 6) is 0.314. The van der Waals surface area contributed by atoms with Gasteiger partial charge in [-0.3, -0.25) is 4.79 Å². The fraction of sp³-hybridized carbons (Fsp3) is 0.600. The van der Waals surface area contributed by atoms with Crippen molar-refractivity contribution in [3.8, 4) is 0 Å². The molecule has 3 amide bonds. The Bertz CT molecular complexity index is 658. The number of nitrogens with one attached hydrogen (secondary N) is 2. The molecule has 0 spiro atoms. The highest BCUT2D eigenvalue weighted by Crippen LogP contribution is 2.32. The Kier molecular flexibility index (Phi) is 6.41. The van der Waals surface area contributed by atoms with Crippen LogP contribution in [0.1, 0.15) is 51.0 Å². The third-order valence-corrected chi connectivity index (χ3v) is 5.83. The summed E-state index contributed by atoms with van der Waals surface area (Å²) in [6.07, 6.45) is 7.66. The summed E-state index contributed by atoms with van der Waals surface area (Å²) in [4.78, 5) is 26.5. The molecule has 1 aromatic rings. The highest BCUT2D eigenvalue weighted by Gasteiger charge is 2.36. The standard InChI is InChI=1S/C20H28ClN3O2/c1-2-22-20(26)23-16-9-8-14(18(21)13-16)12-15-10-11-24(19(15)25)17-6-4-3-5-7-17/h8-9,13,15,17H,2-7,10-12H2,1H3,(H2,22,23,26). The molecule has 26 heavy (non-hydrogen) atoms. The second-order valence-electron chi connectivity index (χ2n) is 7.30. The van der Waals surface area contributed by atoms with Gasteiger partial charge < -0.3 is 15.5 Å². The van der Waals surface area contributed by atoms with E-state index < -0.39 is 0 Å². The van der Waals surface area contributed by atoms with Crippen LogP contribution in [0.5, 0.6) is 0 Å². The summed E-state index contributed by atoms with van der Waals surface area (Å²) >= 11 is 6.40. The fourth-order valence-corrected chi connectivity index (χ4v) is 4.36. The number of urea groups is 1. The van der Waals surface area contributed by atoms with Gasteiger partial charge in [-0.05, 0) is 50.3 Å². The lowest BCUT2D eigenvalue weighted by atomic mass is 9.94. The molecule has 2 aliphatic rings. The summed E-state index contributed by atoms with van der Waals surface area (Å²) < 4.78 is 0. The van der Waals surface area contributed by atoms with Crippen molar-refractivity contribution in [2.75, 3.05) is 18.4 Å². The van der Waals surface area contributed by atoms with Crippen molar-refractivity contribution in [2.24, 2.45) is 5.92 Å². The topological polar surface area (TPSA) is 61.4 Å². The average molecular weight is 378 g/mol. The second-order valence-corrected chi connectivity index (χ2v) is 7.71. The van der Waals surface area contributed by atoms with Gasteiger partial charge in [0.1, 0.15) is 0 Å². The first-order chi connectivity index (χ1) is 12.6. The highest BCUT2D eigenvalue weighted by molar-refractivity contribution is 6.31. The van der Waals surface area contributed by atoms with Gasteiger partial charge in [0.2, 0.25) is 5.91 Å². The Morgan fingerprint density at radius 2 is 2.00 bits per heavy atom. The molecule has 1 atom stereocenters. The Labute approximate surface area is 160 Å². The molecule has 2 fully saturated rings. The van der Waals surface area contributed by atoms with Gasteiger partial charge >= 0.3 is 6.03 Å². The predicted molar refractivity (Wildman–Crippen MR) is 105 cm³/mol. The van der Waals surface area contributed by atoms with E-state index in [1.54, 1.807) is 6.07 Å². The monoisotopic (exact) mass is 377 g/mol. The Morgan fingerprint density at radius 3 is 2.69 bits per heavy atom. The lowest BCUT2D eigenvalue weighted by Crippen LogP contribution is -2.39. The first-order valence-corrected chi connectivity index (χ1v) is 10.1. The molecule has 0 radical (unpaired) electrons. The maximum atomic E-state index is 12.8. The molecule has 1 aliphatic carbocycles. The number of hydrogen-bond acceptors (Lipinski definition) is 2. The maximum absolute atomic E-state index is 12.8. The maximum Gasteiger partial charge on any atom is 0.319 e. The summed E-state index contributed by atoms with van der Waals surface area (Å²) in [7, 11) is 0. The molecule has 1 aromatic carbocycles. The van der Waals surface area contributed by atoms with E-state index in [-0.39, 0.29) is 17.9 Å². The number of likely N-dealkylation sites (tertiary alicyclic amines) is 1. The number of carbonyl (C=O) groups excluding carboxylic acids is 2. The Morgan fingerprint density at radius 1 is 1.23 bits per heavy atom. The zero-order valence-electron chi connectivity index (χ0n) is 15.4. The molecule has 1 saturated heterocycles. The first kappa shape index (κ1) is 19.0. The summed E-state index contributed by atoms with van der Waals surface area (Å²) in [6.45, 7) is 3.31. The Balaban J connectivity index is 1.60. The molecule has 2 N–H and O–H groups in total. The third kappa shape index (κ3) is 4.50. The van der Waals surface area contributed by atoms with Crippen molar-refractivity contribution in [1.29, 1.82) is 0 Å². The number of carbonyl (C=O) groups is 2. The molecule has 1 unspecified atom stereocenters. The van der Waals surface area contributed by atoms with E-state index in [4.69, 9.17) is 11.6 Å². The van der Waals surface area contributed by atoms with Crippen LogP contribution in [-0.2, 0) is 11.2 Å². The second kappa shape index (κ2) is 8.76. The number of benzene rings is 1. The van der Waals surface area contributed by atoms with Crippen molar-refractivity contribution < 1.29 is 9.59 Å². The minimum absolute atomic E-state index is 0.0247. The summed E-state index contributed by atoms with van der Waals surface area (Å²) in [5, 5.41) is 6.04. The predicted octanol–water partition coefficient (Wildman–Crippen LogP) is 4.21. The van der Waals surface area contributed by atoms with Crippen LogP contribution in [0.4, 0.5) is 10.5 Å². The number of anilines is 1. The zero-order valence-corrected chi connectivity index (χ0v) is 16.1. The van der Waals surface area contributed by atoms with Crippen LogP contribution in [0.25, 0.3) is 0 Å². The van der Waals surface area contributed by atoms with Gasteiger partial charge in [-0.25, -0.2) is 4.79 Å². The number of amides is 3. The van der Waals surface area contributed by atoms with Crippen LogP contribution in [0.3, 0.4) is 0 Å². The first-order valence-electron chi connectivity index (χ1n) is 9.72. The normalized spacial score (nSPS) is 21.1. The smallest absolute Gasteiger partial charge is 0.319 e. The van der Waals surface area contributed by atoms with E-state index in [0.29, 0.717) is 29.7 Å². The number of nitrogens with zero attached hydrogens (tertiary/aromatic N) is 1. The van der Waals surface area contributed by atoms with Gasteiger partial charge in [-0.2, -0.15) is 0 Å². The van der Waals surface area contributed by atoms with Gasteiger partial charge in [0, 0.05) is 35.8 Å². The fourth-order valence-electron chi connectivity index (χ4n) is 4.10. The number of hydrogen-bond donors (Lipinski definition) is 2. The average Bonchev–Trinajstić information content (AvgIpc) is 2.99. The van der Waals surface area contributed by atoms with Crippen molar-refractivity contribution in [3.63, 3.8) is 0 Å².